The highest BCUT2D eigenvalue weighted by molar-refractivity contribution is 7.16. The van der Waals surface area contributed by atoms with Gasteiger partial charge < -0.3 is 9.88 Å². The fourth-order valence-electron chi connectivity index (χ4n) is 1.32. The van der Waals surface area contributed by atoms with Crippen LogP contribution in [0.2, 0.25) is 4.34 Å². The van der Waals surface area contributed by atoms with Crippen molar-refractivity contribution in [1.29, 1.82) is 0 Å². The molecule has 0 saturated carbocycles. The largest absolute Gasteiger partial charge is 0.355 e. The summed E-state index contributed by atoms with van der Waals surface area (Å²) in [5.41, 5.74) is 0. The molecular formula is C10H12ClN3S. The molecule has 0 aliphatic heterocycles. The van der Waals surface area contributed by atoms with Gasteiger partial charge in [-0.1, -0.05) is 11.6 Å². The topological polar surface area (TPSA) is 29.9 Å². The van der Waals surface area contributed by atoms with Gasteiger partial charge in [-0.05, 0) is 18.6 Å². The molecule has 2 aromatic heterocycles. The molecule has 2 heterocycles. The number of hydrogen-bond acceptors (Lipinski definition) is 3. The molecule has 5 heteroatoms. The third-order valence-corrected chi connectivity index (χ3v) is 3.40. The Morgan fingerprint density at radius 2 is 2.40 bits per heavy atom. The Balaban J connectivity index is 1.83. The van der Waals surface area contributed by atoms with Crippen LogP contribution in [0.1, 0.15) is 4.88 Å². The van der Waals surface area contributed by atoms with Crippen LogP contribution >= 0.6 is 22.9 Å². The summed E-state index contributed by atoms with van der Waals surface area (Å²) >= 11 is 7.47. The Kier molecular flexibility index (Phi) is 3.28. The Morgan fingerprint density at radius 1 is 1.53 bits per heavy atom. The molecule has 0 unspecified atom stereocenters. The second kappa shape index (κ2) is 4.68. The summed E-state index contributed by atoms with van der Waals surface area (Å²) in [6, 6.07) is 4.00. The van der Waals surface area contributed by atoms with E-state index in [2.05, 4.69) is 16.4 Å². The average molecular weight is 242 g/mol. The maximum atomic E-state index is 5.85. The number of aryl methyl sites for hydroxylation is 1. The van der Waals surface area contributed by atoms with Gasteiger partial charge in [0, 0.05) is 30.9 Å². The van der Waals surface area contributed by atoms with Crippen molar-refractivity contribution < 1.29 is 0 Å². The molecule has 80 valence electrons. The van der Waals surface area contributed by atoms with Gasteiger partial charge in [-0.25, -0.2) is 4.98 Å². The van der Waals surface area contributed by atoms with Crippen LogP contribution in [0.5, 0.6) is 0 Å². The van der Waals surface area contributed by atoms with Crippen LogP contribution in [0.3, 0.4) is 0 Å². The van der Waals surface area contributed by atoms with Gasteiger partial charge in [-0.15, -0.1) is 11.3 Å². The normalized spacial score (nSPS) is 10.5. The van der Waals surface area contributed by atoms with Gasteiger partial charge in [0.2, 0.25) is 5.95 Å². The molecule has 0 spiro atoms. The van der Waals surface area contributed by atoms with Crippen LogP contribution in [0.4, 0.5) is 5.95 Å². The van der Waals surface area contributed by atoms with E-state index in [0.717, 1.165) is 23.3 Å². The molecule has 0 atom stereocenters. The fraction of sp³-hybridized carbons (Fsp3) is 0.300. The number of nitrogens with one attached hydrogen (secondary N) is 1. The fourth-order valence-corrected chi connectivity index (χ4v) is 2.41. The zero-order valence-corrected chi connectivity index (χ0v) is 9.98. The van der Waals surface area contributed by atoms with E-state index < -0.39 is 0 Å². The Labute approximate surface area is 97.7 Å². The Hall–Kier alpha value is -1.000. The van der Waals surface area contributed by atoms with Crippen molar-refractivity contribution in [2.24, 2.45) is 7.05 Å². The maximum absolute atomic E-state index is 5.85. The molecular weight excluding hydrogens is 230 g/mol. The number of imidazole rings is 1. The maximum Gasteiger partial charge on any atom is 0.202 e. The molecule has 0 radical (unpaired) electrons. The minimum absolute atomic E-state index is 0.849. The van der Waals surface area contributed by atoms with E-state index in [1.165, 1.54) is 4.88 Å². The van der Waals surface area contributed by atoms with E-state index >= 15 is 0 Å². The van der Waals surface area contributed by atoms with E-state index in [0.29, 0.717) is 0 Å². The highest BCUT2D eigenvalue weighted by Crippen LogP contribution is 2.21. The summed E-state index contributed by atoms with van der Waals surface area (Å²) in [6.45, 7) is 0.877. The summed E-state index contributed by atoms with van der Waals surface area (Å²) < 4.78 is 2.81. The number of thiophene rings is 1. The predicted molar refractivity (Wildman–Crippen MR) is 64.7 cm³/mol. The van der Waals surface area contributed by atoms with Crippen molar-refractivity contribution in [1.82, 2.24) is 9.55 Å². The summed E-state index contributed by atoms with van der Waals surface area (Å²) in [5, 5.41) is 3.27. The van der Waals surface area contributed by atoms with E-state index in [4.69, 9.17) is 11.6 Å². The molecule has 0 saturated heterocycles. The van der Waals surface area contributed by atoms with Gasteiger partial charge in [-0.2, -0.15) is 0 Å². The van der Waals surface area contributed by atoms with Gasteiger partial charge in [0.05, 0.1) is 4.34 Å². The standard InChI is InChI=1S/C10H12ClN3S/c1-14-7-6-13-10(14)12-5-4-8-2-3-9(11)15-8/h2-3,6-7H,4-5H2,1H3,(H,12,13). The first-order valence-electron chi connectivity index (χ1n) is 4.71. The van der Waals surface area contributed by atoms with Crippen LogP contribution < -0.4 is 5.32 Å². The van der Waals surface area contributed by atoms with Crippen LogP contribution in [0, 0.1) is 0 Å². The van der Waals surface area contributed by atoms with Crippen molar-refractivity contribution in [2.45, 2.75) is 6.42 Å². The van der Waals surface area contributed by atoms with Crippen LogP contribution in [0.15, 0.2) is 24.5 Å². The zero-order valence-electron chi connectivity index (χ0n) is 8.40. The van der Waals surface area contributed by atoms with E-state index in [-0.39, 0.29) is 0 Å². The highest BCUT2D eigenvalue weighted by atomic mass is 35.5. The van der Waals surface area contributed by atoms with E-state index in [1.807, 2.05) is 23.9 Å². The van der Waals surface area contributed by atoms with Crippen molar-refractivity contribution in [2.75, 3.05) is 11.9 Å². The minimum Gasteiger partial charge on any atom is -0.355 e. The highest BCUT2D eigenvalue weighted by Gasteiger charge is 2.00. The van der Waals surface area contributed by atoms with E-state index in [9.17, 15) is 0 Å². The molecule has 0 fully saturated rings. The molecule has 0 aliphatic carbocycles. The number of anilines is 1. The molecule has 0 amide bonds. The number of nitrogens with zero attached hydrogens (tertiary/aromatic N) is 2. The molecule has 3 nitrogen and oxygen atoms in total. The lowest BCUT2D eigenvalue weighted by Crippen LogP contribution is -2.08. The van der Waals surface area contributed by atoms with Crippen molar-refractivity contribution in [3.8, 4) is 0 Å². The smallest absolute Gasteiger partial charge is 0.202 e. The number of halogens is 1. The zero-order chi connectivity index (χ0) is 10.7. The van der Waals surface area contributed by atoms with Crippen LogP contribution in [-0.2, 0) is 13.5 Å². The Morgan fingerprint density at radius 3 is 3.00 bits per heavy atom. The van der Waals surface area contributed by atoms with Gasteiger partial charge >= 0.3 is 0 Å². The molecule has 0 aromatic carbocycles. The van der Waals surface area contributed by atoms with Crippen molar-refractivity contribution in [3.05, 3.63) is 33.7 Å². The molecule has 2 aromatic rings. The summed E-state index contributed by atoms with van der Waals surface area (Å²) in [6.07, 6.45) is 4.68. The average Bonchev–Trinajstić information content (AvgIpc) is 2.77. The minimum atomic E-state index is 0.849. The second-order valence-corrected chi connectivity index (χ2v) is 5.04. The molecule has 1 N–H and O–H groups in total. The quantitative estimate of drug-likeness (QED) is 0.892. The van der Waals surface area contributed by atoms with Crippen molar-refractivity contribution >= 4 is 28.9 Å². The second-order valence-electron chi connectivity index (χ2n) is 3.24. The Bertz CT molecular complexity index is 435. The monoisotopic (exact) mass is 241 g/mol. The lowest BCUT2D eigenvalue weighted by Gasteiger charge is -2.04. The molecule has 15 heavy (non-hydrogen) atoms. The van der Waals surface area contributed by atoms with Gasteiger partial charge in [0.15, 0.2) is 0 Å². The lowest BCUT2D eigenvalue weighted by molar-refractivity contribution is 0.893. The van der Waals surface area contributed by atoms with E-state index in [1.54, 1.807) is 17.5 Å². The van der Waals surface area contributed by atoms with Crippen molar-refractivity contribution in [3.63, 3.8) is 0 Å². The third kappa shape index (κ3) is 2.73. The first-order valence-corrected chi connectivity index (χ1v) is 5.90. The molecule has 2 rings (SSSR count). The first-order chi connectivity index (χ1) is 7.25. The number of hydrogen-bond donors (Lipinski definition) is 1. The summed E-state index contributed by atoms with van der Waals surface area (Å²) in [5.74, 6) is 0.901. The molecule has 0 aliphatic rings. The first kappa shape index (κ1) is 10.5. The SMILES string of the molecule is Cn1ccnc1NCCc1ccc(Cl)s1. The lowest BCUT2D eigenvalue weighted by atomic mass is 10.3. The van der Waals surface area contributed by atoms with Gasteiger partial charge in [0.25, 0.3) is 0 Å². The third-order valence-electron chi connectivity index (χ3n) is 2.10. The van der Waals surface area contributed by atoms with Crippen LogP contribution in [0.25, 0.3) is 0 Å². The van der Waals surface area contributed by atoms with Gasteiger partial charge in [-0.3, -0.25) is 0 Å². The predicted octanol–water partition coefficient (Wildman–Crippen LogP) is 2.79. The number of rotatable bonds is 4. The number of aromatic nitrogens is 2. The van der Waals surface area contributed by atoms with Gasteiger partial charge in [0.1, 0.15) is 0 Å². The summed E-state index contributed by atoms with van der Waals surface area (Å²) in [7, 11) is 1.97. The summed E-state index contributed by atoms with van der Waals surface area (Å²) in [4.78, 5) is 5.47. The van der Waals surface area contributed by atoms with Crippen LogP contribution in [-0.4, -0.2) is 16.1 Å². The molecule has 0 bridgehead atoms.